The molecule has 5 N–H and O–H groups in total. The number of anilines is 3. The Morgan fingerprint density at radius 2 is 1.95 bits per heavy atom. The van der Waals surface area contributed by atoms with Crippen molar-refractivity contribution in [1.29, 1.82) is 0 Å². The van der Waals surface area contributed by atoms with Gasteiger partial charge in [0.05, 0.1) is 15.8 Å². The number of rotatable bonds is 3. The van der Waals surface area contributed by atoms with E-state index in [0.717, 1.165) is 0 Å². The van der Waals surface area contributed by atoms with Gasteiger partial charge in [0, 0.05) is 11.3 Å². The topological polar surface area (TPSA) is 81.1 Å². The Morgan fingerprint density at radius 3 is 2.53 bits per heavy atom. The largest absolute Gasteiger partial charge is 0.397 e. The molecule has 2 aromatic carbocycles. The second-order valence-electron chi connectivity index (χ2n) is 3.92. The highest BCUT2D eigenvalue weighted by atomic mass is 79.9. The van der Waals surface area contributed by atoms with Crippen LogP contribution >= 0.6 is 15.9 Å². The van der Waals surface area contributed by atoms with Crippen molar-refractivity contribution in [3.05, 3.63) is 52.3 Å². The SMILES string of the molecule is NC(=O)c1ccc(Nc2ccc(F)c(Br)c2)c(N)c1. The second-order valence-corrected chi connectivity index (χ2v) is 4.77. The van der Waals surface area contributed by atoms with E-state index < -0.39 is 5.91 Å². The van der Waals surface area contributed by atoms with Gasteiger partial charge in [-0.2, -0.15) is 0 Å². The van der Waals surface area contributed by atoms with Crippen LogP contribution in [-0.2, 0) is 0 Å². The van der Waals surface area contributed by atoms with Gasteiger partial charge in [0.2, 0.25) is 5.91 Å². The standard InChI is InChI=1S/C13H11BrFN3O/c14-9-6-8(2-3-10(9)15)18-12-4-1-7(13(17)19)5-11(12)16/h1-6,18H,16H2,(H2,17,19). The Bertz CT molecular complexity index is 646. The van der Waals surface area contributed by atoms with Crippen molar-refractivity contribution in [3.63, 3.8) is 0 Å². The molecule has 98 valence electrons. The first-order valence-electron chi connectivity index (χ1n) is 5.39. The summed E-state index contributed by atoms with van der Waals surface area (Å²) in [7, 11) is 0. The summed E-state index contributed by atoms with van der Waals surface area (Å²) in [6, 6.07) is 9.22. The van der Waals surface area contributed by atoms with Crippen LogP contribution in [-0.4, -0.2) is 5.91 Å². The maximum Gasteiger partial charge on any atom is 0.248 e. The quantitative estimate of drug-likeness (QED) is 0.759. The van der Waals surface area contributed by atoms with E-state index in [1.807, 2.05) is 0 Å². The van der Waals surface area contributed by atoms with Crippen LogP contribution < -0.4 is 16.8 Å². The highest BCUT2D eigenvalue weighted by molar-refractivity contribution is 9.10. The van der Waals surface area contributed by atoms with E-state index in [-0.39, 0.29) is 5.82 Å². The van der Waals surface area contributed by atoms with Gasteiger partial charge in [0.1, 0.15) is 5.82 Å². The molecule has 6 heteroatoms. The van der Waals surface area contributed by atoms with Crippen LogP contribution in [0.2, 0.25) is 0 Å². The van der Waals surface area contributed by atoms with E-state index in [9.17, 15) is 9.18 Å². The number of carbonyl (C=O) groups is 1. The molecule has 0 heterocycles. The molecule has 2 aromatic rings. The molecule has 0 saturated heterocycles. The van der Waals surface area contributed by atoms with Crippen LogP contribution in [0.1, 0.15) is 10.4 Å². The Balaban J connectivity index is 2.28. The predicted molar refractivity (Wildman–Crippen MR) is 76.8 cm³/mol. The molecule has 0 aliphatic carbocycles. The van der Waals surface area contributed by atoms with Crippen LogP contribution in [0.5, 0.6) is 0 Å². The highest BCUT2D eigenvalue weighted by Crippen LogP contribution is 2.26. The number of nitrogens with one attached hydrogen (secondary N) is 1. The lowest BCUT2D eigenvalue weighted by Crippen LogP contribution is -2.11. The number of carbonyl (C=O) groups excluding carboxylic acids is 1. The Morgan fingerprint density at radius 1 is 1.21 bits per heavy atom. The molecular formula is C13H11BrFN3O. The molecule has 0 aliphatic rings. The maximum atomic E-state index is 13.1. The fraction of sp³-hybridized carbons (Fsp3) is 0. The molecular weight excluding hydrogens is 313 g/mol. The van der Waals surface area contributed by atoms with Gasteiger partial charge in [-0.25, -0.2) is 4.39 Å². The first kappa shape index (κ1) is 13.4. The number of hydrogen-bond acceptors (Lipinski definition) is 3. The minimum Gasteiger partial charge on any atom is -0.397 e. The van der Waals surface area contributed by atoms with Crippen LogP contribution in [0.4, 0.5) is 21.5 Å². The molecule has 0 fully saturated rings. The Kier molecular flexibility index (Phi) is 3.71. The van der Waals surface area contributed by atoms with E-state index >= 15 is 0 Å². The summed E-state index contributed by atoms with van der Waals surface area (Å²) in [6.07, 6.45) is 0. The monoisotopic (exact) mass is 323 g/mol. The van der Waals surface area contributed by atoms with Gasteiger partial charge in [-0.05, 0) is 52.3 Å². The summed E-state index contributed by atoms with van der Waals surface area (Å²) in [5.74, 6) is -0.884. The number of nitrogens with two attached hydrogens (primary N) is 2. The summed E-state index contributed by atoms with van der Waals surface area (Å²) in [4.78, 5) is 11.0. The third kappa shape index (κ3) is 3.03. The summed E-state index contributed by atoms with van der Waals surface area (Å²) < 4.78 is 13.5. The molecule has 0 aromatic heterocycles. The third-order valence-corrected chi connectivity index (χ3v) is 3.14. The first-order valence-corrected chi connectivity index (χ1v) is 6.18. The van der Waals surface area contributed by atoms with Crippen molar-refractivity contribution in [2.24, 2.45) is 5.73 Å². The first-order chi connectivity index (χ1) is 8.97. The van der Waals surface area contributed by atoms with Gasteiger partial charge in [0.15, 0.2) is 0 Å². The molecule has 0 atom stereocenters. The van der Waals surface area contributed by atoms with Crippen LogP contribution in [0.3, 0.4) is 0 Å². The average Bonchev–Trinajstić information content (AvgIpc) is 2.36. The van der Waals surface area contributed by atoms with E-state index in [1.54, 1.807) is 24.3 Å². The number of halogens is 2. The fourth-order valence-corrected chi connectivity index (χ4v) is 1.94. The van der Waals surface area contributed by atoms with Gasteiger partial charge >= 0.3 is 0 Å². The van der Waals surface area contributed by atoms with Crippen LogP contribution in [0, 0.1) is 5.82 Å². The molecule has 1 amide bonds. The van der Waals surface area contributed by atoms with Gasteiger partial charge in [-0.3, -0.25) is 4.79 Å². The van der Waals surface area contributed by atoms with Gasteiger partial charge in [-0.15, -0.1) is 0 Å². The van der Waals surface area contributed by atoms with E-state index in [0.29, 0.717) is 27.1 Å². The van der Waals surface area contributed by atoms with Crippen molar-refractivity contribution >= 4 is 38.9 Å². The van der Waals surface area contributed by atoms with Crippen LogP contribution in [0.15, 0.2) is 40.9 Å². The summed E-state index contributed by atoms with van der Waals surface area (Å²) in [5.41, 5.74) is 13.0. The predicted octanol–water partition coefficient (Wildman–Crippen LogP) is 3.01. The lowest BCUT2D eigenvalue weighted by molar-refractivity contribution is 0.100. The van der Waals surface area contributed by atoms with Crippen molar-refractivity contribution in [3.8, 4) is 0 Å². The molecule has 0 aliphatic heterocycles. The number of amides is 1. The molecule has 0 spiro atoms. The van der Waals surface area contributed by atoms with Gasteiger partial charge in [0.25, 0.3) is 0 Å². The summed E-state index contributed by atoms with van der Waals surface area (Å²) >= 11 is 3.10. The average molecular weight is 324 g/mol. The molecule has 2 rings (SSSR count). The molecule has 0 bridgehead atoms. The van der Waals surface area contributed by atoms with Crippen molar-refractivity contribution < 1.29 is 9.18 Å². The van der Waals surface area contributed by atoms with Gasteiger partial charge in [-0.1, -0.05) is 0 Å². The number of benzene rings is 2. The summed E-state index contributed by atoms with van der Waals surface area (Å²) in [5, 5.41) is 3.03. The lowest BCUT2D eigenvalue weighted by Gasteiger charge is -2.10. The van der Waals surface area contributed by atoms with Crippen molar-refractivity contribution in [2.75, 3.05) is 11.1 Å². The molecule has 4 nitrogen and oxygen atoms in total. The molecule has 0 unspecified atom stereocenters. The zero-order valence-electron chi connectivity index (χ0n) is 9.78. The van der Waals surface area contributed by atoms with Crippen LogP contribution in [0.25, 0.3) is 0 Å². The molecule has 19 heavy (non-hydrogen) atoms. The van der Waals surface area contributed by atoms with E-state index in [1.165, 1.54) is 12.1 Å². The Labute approximate surface area is 117 Å². The normalized spacial score (nSPS) is 10.2. The second kappa shape index (κ2) is 5.27. The zero-order chi connectivity index (χ0) is 14.0. The fourth-order valence-electron chi connectivity index (χ4n) is 1.56. The summed E-state index contributed by atoms with van der Waals surface area (Å²) in [6.45, 7) is 0. The maximum absolute atomic E-state index is 13.1. The third-order valence-electron chi connectivity index (χ3n) is 2.53. The highest BCUT2D eigenvalue weighted by Gasteiger charge is 2.06. The van der Waals surface area contributed by atoms with Gasteiger partial charge < -0.3 is 16.8 Å². The number of primary amides is 1. The molecule has 0 radical (unpaired) electrons. The minimum absolute atomic E-state index is 0.336. The van der Waals surface area contributed by atoms with Crippen molar-refractivity contribution in [2.45, 2.75) is 0 Å². The zero-order valence-corrected chi connectivity index (χ0v) is 11.4. The minimum atomic E-state index is -0.539. The lowest BCUT2D eigenvalue weighted by atomic mass is 10.1. The molecule has 0 saturated carbocycles. The van der Waals surface area contributed by atoms with Crippen molar-refractivity contribution in [1.82, 2.24) is 0 Å². The smallest absolute Gasteiger partial charge is 0.248 e. The number of nitrogen functional groups attached to an aromatic ring is 1. The van der Waals surface area contributed by atoms with E-state index in [4.69, 9.17) is 11.5 Å². The number of hydrogen-bond donors (Lipinski definition) is 3. The Hall–Kier alpha value is -2.08. The van der Waals surface area contributed by atoms with E-state index in [2.05, 4.69) is 21.2 Å².